The van der Waals surface area contributed by atoms with Crippen LogP contribution < -0.4 is 9.47 Å². The molecule has 0 aliphatic carbocycles. The van der Waals surface area contributed by atoms with Crippen molar-refractivity contribution in [2.24, 2.45) is 0 Å². The molecular formula is C22H17ClO4. The molecular weight excluding hydrogens is 364 g/mol. The summed E-state index contributed by atoms with van der Waals surface area (Å²) in [6, 6.07) is 18.5. The van der Waals surface area contributed by atoms with Gasteiger partial charge in [0.25, 0.3) is 0 Å². The minimum Gasteiger partial charge on any atom is -0.423 e. The van der Waals surface area contributed by atoms with Crippen molar-refractivity contribution >= 4 is 23.5 Å². The van der Waals surface area contributed by atoms with E-state index in [4.69, 9.17) is 21.1 Å². The largest absolute Gasteiger partial charge is 0.423 e. The first-order valence-electron chi connectivity index (χ1n) is 8.29. The number of esters is 2. The Labute approximate surface area is 162 Å². The lowest BCUT2D eigenvalue weighted by Crippen LogP contribution is -2.11. The smallest absolute Gasteiger partial charge is 0.345 e. The van der Waals surface area contributed by atoms with Crippen LogP contribution in [0.15, 0.2) is 66.7 Å². The Kier molecular flexibility index (Phi) is 5.57. The molecule has 0 radical (unpaired) electrons. The zero-order valence-electron chi connectivity index (χ0n) is 14.9. The van der Waals surface area contributed by atoms with Crippen LogP contribution in [0.1, 0.15) is 31.8 Å². The molecule has 3 aromatic rings. The van der Waals surface area contributed by atoms with Gasteiger partial charge >= 0.3 is 11.9 Å². The first kappa shape index (κ1) is 18.7. The van der Waals surface area contributed by atoms with Crippen molar-refractivity contribution in [3.8, 4) is 11.5 Å². The molecule has 0 bridgehead atoms. The van der Waals surface area contributed by atoms with Crippen LogP contribution in [0.25, 0.3) is 0 Å². The highest BCUT2D eigenvalue weighted by molar-refractivity contribution is 6.33. The molecule has 0 fully saturated rings. The number of halogens is 1. The van der Waals surface area contributed by atoms with Crippen LogP contribution in [-0.2, 0) is 0 Å². The molecule has 0 aliphatic rings. The number of hydrogen-bond acceptors (Lipinski definition) is 4. The van der Waals surface area contributed by atoms with Gasteiger partial charge in [-0.1, -0.05) is 47.0 Å². The summed E-state index contributed by atoms with van der Waals surface area (Å²) in [6.45, 7) is 3.88. The molecule has 0 heterocycles. The Bertz CT molecular complexity index is 976. The third-order valence-electron chi connectivity index (χ3n) is 3.89. The fraction of sp³-hybridized carbons (Fsp3) is 0.0909. The summed E-state index contributed by atoms with van der Waals surface area (Å²) in [5, 5.41) is 0.140. The normalized spacial score (nSPS) is 10.3. The average Bonchev–Trinajstić information content (AvgIpc) is 2.64. The first-order chi connectivity index (χ1) is 12.9. The predicted molar refractivity (Wildman–Crippen MR) is 104 cm³/mol. The van der Waals surface area contributed by atoms with Crippen LogP contribution in [0.2, 0.25) is 5.02 Å². The van der Waals surface area contributed by atoms with Crippen molar-refractivity contribution < 1.29 is 19.1 Å². The minimum absolute atomic E-state index is 0.140. The summed E-state index contributed by atoms with van der Waals surface area (Å²) in [4.78, 5) is 24.5. The van der Waals surface area contributed by atoms with Crippen LogP contribution in [-0.4, -0.2) is 11.9 Å². The average molecular weight is 381 g/mol. The Morgan fingerprint density at radius 3 is 1.81 bits per heavy atom. The van der Waals surface area contributed by atoms with Crippen molar-refractivity contribution in [3.05, 3.63) is 94.0 Å². The fourth-order valence-electron chi connectivity index (χ4n) is 2.35. The zero-order valence-corrected chi connectivity index (χ0v) is 15.6. The predicted octanol–water partition coefficient (Wildman–Crippen LogP) is 5.40. The van der Waals surface area contributed by atoms with Gasteiger partial charge in [-0.15, -0.1) is 0 Å². The van der Waals surface area contributed by atoms with Gasteiger partial charge in [0, 0.05) is 6.07 Å². The van der Waals surface area contributed by atoms with Crippen molar-refractivity contribution in [1.29, 1.82) is 0 Å². The van der Waals surface area contributed by atoms with Gasteiger partial charge in [0.1, 0.15) is 11.5 Å². The zero-order chi connectivity index (χ0) is 19.4. The highest BCUT2D eigenvalue weighted by Crippen LogP contribution is 2.25. The van der Waals surface area contributed by atoms with Gasteiger partial charge in [-0.2, -0.15) is 0 Å². The Morgan fingerprint density at radius 2 is 1.22 bits per heavy atom. The van der Waals surface area contributed by atoms with Crippen molar-refractivity contribution in [2.45, 2.75) is 13.8 Å². The van der Waals surface area contributed by atoms with Crippen molar-refractivity contribution in [3.63, 3.8) is 0 Å². The van der Waals surface area contributed by atoms with Gasteiger partial charge < -0.3 is 9.47 Å². The van der Waals surface area contributed by atoms with E-state index < -0.39 is 11.9 Å². The maximum atomic E-state index is 12.3. The number of carbonyl (C=O) groups is 2. The van der Waals surface area contributed by atoms with Crippen LogP contribution in [0.5, 0.6) is 11.5 Å². The molecule has 0 aliphatic heterocycles. The lowest BCUT2D eigenvalue weighted by molar-refractivity contribution is 0.0730. The Hall–Kier alpha value is -3.11. The molecule has 5 heteroatoms. The second kappa shape index (κ2) is 8.06. The highest BCUT2D eigenvalue weighted by atomic mass is 35.5. The molecule has 0 spiro atoms. The van der Waals surface area contributed by atoms with Crippen LogP contribution in [0.3, 0.4) is 0 Å². The lowest BCUT2D eigenvalue weighted by Gasteiger charge is -2.09. The van der Waals surface area contributed by atoms with E-state index >= 15 is 0 Å². The summed E-state index contributed by atoms with van der Waals surface area (Å²) >= 11 is 6.17. The van der Waals surface area contributed by atoms with Gasteiger partial charge in [0.2, 0.25) is 0 Å². The molecule has 0 atom stereocenters. The third-order valence-corrected chi connectivity index (χ3v) is 4.20. The summed E-state index contributed by atoms with van der Waals surface area (Å²) in [6.07, 6.45) is 0. The number of aryl methyl sites for hydroxylation is 2. The SMILES string of the molecule is Cc1ccc(OC(=O)c2ccc(OC(=O)c3ccc(C)cc3)cc2Cl)cc1. The summed E-state index contributed by atoms with van der Waals surface area (Å²) in [5.41, 5.74) is 2.73. The van der Waals surface area contributed by atoms with E-state index in [1.165, 1.54) is 18.2 Å². The van der Waals surface area contributed by atoms with E-state index in [2.05, 4.69) is 0 Å². The van der Waals surface area contributed by atoms with E-state index in [0.29, 0.717) is 11.3 Å². The van der Waals surface area contributed by atoms with E-state index in [9.17, 15) is 9.59 Å². The number of carbonyl (C=O) groups excluding carboxylic acids is 2. The van der Waals surface area contributed by atoms with Gasteiger partial charge in [-0.25, -0.2) is 9.59 Å². The molecule has 27 heavy (non-hydrogen) atoms. The van der Waals surface area contributed by atoms with Crippen LogP contribution in [0, 0.1) is 13.8 Å². The molecule has 0 saturated heterocycles. The Balaban J connectivity index is 1.71. The van der Waals surface area contributed by atoms with E-state index in [-0.39, 0.29) is 16.3 Å². The molecule has 0 unspecified atom stereocenters. The molecule has 0 aromatic heterocycles. The second-order valence-corrected chi connectivity index (χ2v) is 6.51. The third kappa shape index (κ3) is 4.74. The highest BCUT2D eigenvalue weighted by Gasteiger charge is 2.15. The molecule has 3 rings (SSSR count). The van der Waals surface area contributed by atoms with Crippen molar-refractivity contribution in [2.75, 3.05) is 0 Å². The second-order valence-electron chi connectivity index (χ2n) is 6.10. The first-order valence-corrected chi connectivity index (χ1v) is 8.67. The van der Waals surface area contributed by atoms with E-state index in [1.54, 1.807) is 24.3 Å². The molecule has 0 amide bonds. The van der Waals surface area contributed by atoms with Gasteiger partial charge in [-0.3, -0.25) is 0 Å². The minimum atomic E-state index is -0.583. The monoisotopic (exact) mass is 380 g/mol. The molecule has 136 valence electrons. The van der Waals surface area contributed by atoms with Gasteiger partial charge in [-0.05, 0) is 50.2 Å². The number of benzene rings is 3. The number of ether oxygens (including phenoxy) is 2. The molecule has 0 N–H and O–H groups in total. The van der Waals surface area contributed by atoms with E-state index in [0.717, 1.165) is 11.1 Å². The quantitative estimate of drug-likeness (QED) is 0.449. The van der Waals surface area contributed by atoms with Gasteiger partial charge in [0.15, 0.2) is 0 Å². The Morgan fingerprint density at radius 1 is 0.704 bits per heavy atom. The summed E-state index contributed by atoms with van der Waals surface area (Å²) in [5.74, 6) is -0.407. The summed E-state index contributed by atoms with van der Waals surface area (Å²) in [7, 11) is 0. The number of rotatable bonds is 4. The fourth-order valence-corrected chi connectivity index (χ4v) is 2.60. The van der Waals surface area contributed by atoms with Crippen molar-refractivity contribution in [1.82, 2.24) is 0 Å². The lowest BCUT2D eigenvalue weighted by atomic mass is 10.1. The maximum absolute atomic E-state index is 12.3. The maximum Gasteiger partial charge on any atom is 0.345 e. The number of hydrogen-bond donors (Lipinski definition) is 0. The van der Waals surface area contributed by atoms with E-state index in [1.807, 2.05) is 38.1 Å². The van der Waals surface area contributed by atoms with Crippen LogP contribution >= 0.6 is 11.6 Å². The molecule has 0 saturated carbocycles. The topological polar surface area (TPSA) is 52.6 Å². The summed E-state index contributed by atoms with van der Waals surface area (Å²) < 4.78 is 10.6. The molecule has 4 nitrogen and oxygen atoms in total. The standard InChI is InChI=1S/C22H17ClO4/c1-14-3-7-16(8-4-14)21(24)27-18-11-12-19(20(23)13-18)22(25)26-17-9-5-15(2)6-10-17/h3-13H,1-2H3. The van der Waals surface area contributed by atoms with Crippen LogP contribution in [0.4, 0.5) is 0 Å². The molecule has 3 aromatic carbocycles. The van der Waals surface area contributed by atoms with Gasteiger partial charge in [0.05, 0.1) is 16.1 Å².